The number of rotatable bonds is 5. The molecule has 3 aromatic carbocycles. The molecule has 0 aromatic heterocycles. The molecule has 7 nitrogen and oxygen atoms in total. The van der Waals surface area contributed by atoms with Crippen molar-refractivity contribution in [3.05, 3.63) is 101 Å². The molecule has 0 saturated carbocycles. The topological polar surface area (TPSA) is 104 Å². The minimum Gasteiger partial charge on any atom is -0.507 e. The van der Waals surface area contributed by atoms with Gasteiger partial charge in [-0.2, -0.15) is 0 Å². The second-order valence-electron chi connectivity index (χ2n) is 7.16. The normalized spacial score (nSPS) is 17.4. The number of amides is 1. The lowest BCUT2D eigenvalue weighted by Gasteiger charge is -2.25. The first-order chi connectivity index (χ1) is 15.4. The van der Waals surface area contributed by atoms with Crippen molar-refractivity contribution in [3.8, 4) is 5.75 Å². The van der Waals surface area contributed by atoms with E-state index < -0.39 is 23.7 Å². The number of nitrogens with zero attached hydrogens (tertiary/aromatic N) is 1. The van der Waals surface area contributed by atoms with Gasteiger partial charge < -0.3 is 14.9 Å². The summed E-state index contributed by atoms with van der Waals surface area (Å²) < 4.78 is 5.14. The van der Waals surface area contributed by atoms with Crippen LogP contribution in [0.5, 0.6) is 5.75 Å². The third-order valence-corrected chi connectivity index (χ3v) is 5.32. The van der Waals surface area contributed by atoms with E-state index in [0.717, 1.165) is 0 Å². The molecule has 1 aliphatic heterocycles. The van der Waals surface area contributed by atoms with Crippen LogP contribution in [-0.4, -0.2) is 35.0 Å². The first kappa shape index (κ1) is 20.9. The molecule has 2 N–H and O–H groups in total. The smallest absolute Gasteiger partial charge is 0.335 e. The van der Waals surface area contributed by atoms with Crippen LogP contribution in [0.15, 0.2) is 84.4 Å². The standard InChI is InChI=1S/C25H19NO6/c1-32-19-13-9-16(10-14-19)22(27)20-21(15-5-3-2-4-6-15)26(24(29)23(20)28)18-11-7-17(8-12-18)25(30)31/h2-14,21,27H,1H3,(H,30,31). The van der Waals surface area contributed by atoms with Gasteiger partial charge in [-0.1, -0.05) is 30.3 Å². The second-order valence-corrected chi connectivity index (χ2v) is 7.16. The van der Waals surface area contributed by atoms with Gasteiger partial charge in [0, 0.05) is 11.3 Å². The minimum absolute atomic E-state index is 0.0475. The monoisotopic (exact) mass is 429 g/mol. The molecule has 4 rings (SSSR count). The van der Waals surface area contributed by atoms with Crippen LogP contribution < -0.4 is 9.64 Å². The Morgan fingerprint density at radius 1 is 0.844 bits per heavy atom. The first-order valence-corrected chi connectivity index (χ1v) is 9.76. The van der Waals surface area contributed by atoms with Gasteiger partial charge in [0.15, 0.2) is 0 Å². The quantitative estimate of drug-likeness (QED) is 0.361. The highest BCUT2D eigenvalue weighted by Crippen LogP contribution is 2.42. The Morgan fingerprint density at radius 3 is 2.00 bits per heavy atom. The third kappa shape index (κ3) is 3.60. The van der Waals surface area contributed by atoms with Crippen molar-refractivity contribution in [1.82, 2.24) is 0 Å². The number of aromatic carboxylic acids is 1. The maximum atomic E-state index is 13.1. The summed E-state index contributed by atoms with van der Waals surface area (Å²) in [5, 5.41) is 20.2. The van der Waals surface area contributed by atoms with Crippen molar-refractivity contribution >= 4 is 29.1 Å². The summed E-state index contributed by atoms with van der Waals surface area (Å²) in [6.07, 6.45) is 0. The van der Waals surface area contributed by atoms with Crippen LogP contribution in [0.1, 0.15) is 27.5 Å². The number of carbonyl (C=O) groups is 3. The van der Waals surface area contributed by atoms with Gasteiger partial charge in [-0.15, -0.1) is 0 Å². The number of hydrogen-bond acceptors (Lipinski definition) is 5. The zero-order valence-corrected chi connectivity index (χ0v) is 17.1. The molecule has 32 heavy (non-hydrogen) atoms. The van der Waals surface area contributed by atoms with Crippen molar-refractivity contribution in [2.24, 2.45) is 0 Å². The van der Waals surface area contributed by atoms with Gasteiger partial charge in [-0.25, -0.2) is 4.79 Å². The zero-order chi connectivity index (χ0) is 22.8. The van der Waals surface area contributed by atoms with E-state index in [1.165, 1.54) is 36.3 Å². The molecule has 1 saturated heterocycles. The van der Waals surface area contributed by atoms with Gasteiger partial charge in [-0.05, 0) is 54.1 Å². The summed E-state index contributed by atoms with van der Waals surface area (Å²) in [7, 11) is 1.52. The predicted molar refractivity (Wildman–Crippen MR) is 118 cm³/mol. The van der Waals surface area contributed by atoms with Crippen molar-refractivity contribution in [2.45, 2.75) is 6.04 Å². The van der Waals surface area contributed by atoms with Gasteiger partial charge in [0.1, 0.15) is 11.5 Å². The van der Waals surface area contributed by atoms with Crippen LogP contribution in [0.3, 0.4) is 0 Å². The van der Waals surface area contributed by atoms with Crippen LogP contribution in [0, 0.1) is 0 Å². The number of carboxylic acids is 1. The van der Waals surface area contributed by atoms with Gasteiger partial charge >= 0.3 is 5.97 Å². The highest BCUT2D eigenvalue weighted by atomic mass is 16.5. The molecular weight excluding hydrogens is 410 g/mol. The van der Waals surface area contributed by atoms with E-state index in [0.29, 0.717) is 22.6 Å². The summed E-state index contributed by atoms with van der Waals surface area (Å²) in [5.41, 5.74) is 1.35. The van der Waals surface area contributed by atoms with E-state index in [1.807, 2.05) is 0 Å². The van der Waals surface area contributed by atoms with Gasteiger partial charge in [0.2, 0.25) is 0 Å². The number of carboxylic acid groups (broad SMARTS) is 1. The summed E-state index contributed by atoms with van der Waals surface area (Å²) in [5.74, 6) is -2.45. The summed E-state index contributed by atoms with van der Waals surface area (Å²) >= 11 is 0. The van der Waals surface area contributed by atoms with E-state index in [1.54, 1.807) is 54.6 Å². The molecular formula is C25H19NO6. The fraction of sp³-hybridized carbons (Fsp3) is 0.0800. The highest BCUT2D eigenvalue weighted by molar-refractivity contribution is 6.51. The summed E-state index contributed by atoms with van der Waals surface area (Å²) in [6, 6.07) is 20.2. The molecule has 1 fully saturated rings. The largest absolute Gasteiger partial charge is 0.507 e. The van der Waals surface area contributed by atoms with Crippen molar-refractivity contribution in [2.75, 3.05) is 12.0 Å². The molecule has 7 heteroatoms. The lowest BCUT2D eigenvalue weighted by Crippen LogP contribution is -2.29. The number of ketones is 1. The molecule has 1 heterocycles. The first-order valence-electron chi connectivity index (χ1n) is 9.76. The summed E-state index contributed by atoms with van der Waals surface area (Å²) in [6.45, 7) is 0. The van der Waals surface area contributed by atoms with Gasteiger partial charge in [-0.3, -0.25) is 14.5 Å². The average Bonchev–Trinajstić information content (AvgIpc) is 3.09. The van der Waals surface area contributed by atoms with Crippen LogP contribution in [-0.2, 0) is 9.59 Å². The molecule has 1 amide bonds. The number of anilines is 1. The number of benzene rings is 3. The Labute approximate surface area is 183 Å². The number of aliphatic hydroxyl groups is 1. The molecule has 1 unspecified atom stereocenters. The maximum absolute atomic E-state index is 13.1. The number of aliphatic hydroxyl groups excluding tert-OH is 1. The SMILES string of the molecule is COc1ccc(C(O)=C2C(=O)C(=O)N(c3ccc(C(=O)O)cc3)C2c2ccccc2)cc1. The Bertz CT molecular complexity index is 1210. The predicted octanol–water partition coefficient (Wildman–Crippen LogP) is 4.02. The van der Waals surface area contributed by atoms with E-state index in [9.17, 15) is 19.5 Å². The molecule has 0 bridgehead atoms. The van der Waals surface area contributed by atoms with E-state index >= 15 is 0 Å². The summed E-state index contributed by atoms with van der Waals surface area (Å²) in [4.78, 5) is 38.6. The molecule has 3 aromatic rings. The van der Waals surface area contributed by atoms with E-state index in [2.05, 4.69) is 0 Å². The van der Waals surface area contributed by atoms with Crippen LogP contribution in [0.2, 0.25) is 0 Å². The van der Waals surface area contributed by atoms with Crippen molar-refractivity contribution in [3.63, 3.8) is 0 Å². The molecule has 1 aliphatic rings. The highest BCUT2D eigenvalue weighted by Gasteiger charge is 2.46. The van der Waals surface area contributed by atoms with Crippen molar-refractivity contribution in [1.29, 1.82) is 0 Å². The number of methoxy groups -OCH3 is 1. The lowest BCUT2D eigenvalue weighted by atomic mass is 9.95. The molecule has 1 atom stereocenters. The van der Waals surface area contributed by atoms with Crippen LogP contribution in [0.25, 0.3) is 5.76 Å². The zero-order valence-electron chi connectivity index (χ0n) is 17.1. The van der Waals surface area contributed by atoms with E-state index in [-0.39, 0.29) is 16.9 Å². The second kappa shape index (κ2) is 8.39. The number of hydrogen-bond donors (Lipinski definition) is 2. The van der Waals surface area contributed by atoms with Crippen LogP contribution >= 0.6 is 0 Å². The third-order valence-electron chi connectivity index (χ3n) is 5.32. The maximum Gasteiger partial charge on any atom is 0.335 e. The average molecular weight is 429 g/mol. The Hall–Kier alpha value is -4.39. The Morgan fingerprint density at radius 2 is 1.44 bits per heavy atom. The number of Topliss-reactive ketones (excluding diaryl/α,β-unsaturated/α-hetero) is 1. The lowest BCUT2D eigenvalue weighted by molar-refractivity contribution is -0.132. The van der Waals surface area contributed by atoms with Gasteiger partial charge in [0.05, 0.1) is 24.3 Å². The molecule has 0 aliphatic carbocycles. The molecule has 160 valence electrons. The van der Waals surface area contributed by atoms with Gasteiger partial charge in [0.25, 0.3) is 11.7 Å². The molecule has 0 spiro atoms. The fourth-order valence-corrected chi connectivity index (χ4v) is 3.72. The van der Waals surface area contributed by atoms with Crippen molar-refractivity contribution < 1.29 is 29.3 Å². The Balaban J connectivity index is 1.88. The van der Waals surface area contributed by atoms with E-state index in [4.69, 9.17) is 9.84 Å². The number of carbonyl (C=O) groups excluding carboxylic acids is 2. The number of ether oxygens (including phenoxy) is 1. The minimum atomic E-state index is -1.10. The fourth-order valence-electron chi connectivity index (χ4n) is 3.72. The Kier molecular flexibility index (Phi) is 5.47. The van der Waals surface area contributed by atoms with Crippen LogP contribution in [0.4, 0.5) is 5.69 Å². The molecule has 0 radical (unpaired) electrons.